The van der Waals surface area contributed by atoms with E-state index in [4.69, 9.17) is 9.15 Å². The fourth-order valence-corrected chi connectivity index (χ4v) is 1.32. The highest BCUT2D eigenvalue weighted by Crippen LogP contribution is 2.11. The van der Waals surface area contributed by atoms with Gasteiger partial charge < -0.3 is 19.4 Å². The standard InChI is InChI=1S/C12H22N2O2/c1-4-13-9-12-11(5-7-16-12)10-15-8-6-14(2)3/h5,7,13H,4,6,8-10H2,1-3H3. The molecule has 0 atom stereocenters. The Balaban J connectivity index is 2.27. The summed E-state index contributed by atoms with van der Waals surface area (Å²) in [7, 11) is 4.08. The molecule has 0 amide bonds. The van der Waals surface area contributed by atoms with Crippen molar-refractivity contribution in [2.45, 2.75) is 20.1 Å². The van der Waals surface area contributed by atoms with Crippen molar-refractivity contribution < 1.29 is 9.15 Å². The van der Waals surface area contributed by atoms with E-state index >= 15 is 0 Å². The van der Waals surface area contributed by atoms with E-state index in [2.05, 4.69) is 17.1 Å². The summed E-state index contributed by atoms with van der Waals surface area (Å²) >= 11 is 0. The van der Waals surface area contributed by atoms with E-state index in [1.165, 1.54) is 0 Å². The maximum absolute atomic E-state index is 5.58. The zero-order valence-electron chi connectivity index (χ0n) is 10.5. The third-order valence-corrected chi connectivity index (χ3v) is 2.31. The van der Waals surface area contributed by atoms with E-state index in [-0.39, 0.29) is 0 Å². The lowest BCUT2D eigenvalue weighted by Gasteiger charge is -2.09. The second kappa shape index (κ2) is 7.44. The molecule has 16 heavy (non-hydrogen) atoms. The highest BCUT2D eigenvalue weighted by atomic mass is 16.5. The Kier molecular flexibility index (Phi) is 6.15. The van der Waals surface area contributed by atoms with Crippen molar-refractivity contribution in [2.24, 2.45) is 0 Å². The van der Waals surface area contributed by atoms with Gasteiger partial charge in [0.05, 0.1) is 26.0 Å². The molecule has 0 aliphatic rings. The molecule has 1 aromatic heterocycles. The molecule has 0 bridgehead atoms. The highest BCUT2D eigenvalue weighted by molar-refractivity contribution is 5.15. The largest absolute Gasteiger partial charge is 0.468 e. The van der Waals surface area contributed by atoms with E-state index in [0.29, 0.717) is 6.61 Å². The molecule has 0 spiro atoms. The third kappa shape index (κ3) is 4.79. The van der Waals surface area contributed by atoms with Crippen LogP contribution >= 0.6 is 0 Å². The Bertz CT molecular complexity index is 284. The van der Waals surface area contributed by atoms with Gasteiger partial charge in [0.1, 0.15) is 5.76 Å². The molecule has 92 valence electrons. The molecular weight excluding hydrogens is 204 g/mol. The zero-order chi connectivity index (χ0) is 11.8. The van der Waals surface area contributed by atoms with E-state index < -0.39 is 0 Å². The van der Waals surface area contributed by atoms with Crippen molar-refractivity contribution in [3.05, 3.63) is 23.7 Å². The van der Waals surface area contributed by atoms with E-state index in [1.807, 2.05) is 20.2 Å². The molecule has 0 aliphatic heterocycles. The van der Waals surface area contributed by atoms with Gasteiger partial charge in [0, 0.05) is 12.1 Å². The van der Waals surface area contributed by atoms with Gasteiger partial charge in [-0.15, -0.1) is 0 Å². The number of nitrogens with one attached hydrogen (secondary N) is 1. The predicted molar refractivity (Wildman–Crippen MR) is 64.3 cm³/mol. The van der Waals surface area contributed by atoms with Crippen LogP contribution in [-0.4, -0.2) is 38.7 Å². The van der Waals surface area contributed by atoms with Crippen molar-refractivity contribution in [3.8, 4) is 0 Å². The average molecular weight is 226 g/mol. The maximum Gasteiger partial charge on any atom is 0.123 e. The molecule has 4 nitrogen and oxygen atoms in total. The molecule has 1 aromatic rings. The summed E-state index contributed by atoms with van der Waals surface area (Å²) in [4.78, 5) is 2.11. The molecule has 0 unspecified atom stereocenters. The molecule has 0 aliphatic carbocycles. The molecule has 0 fully saturated rings. The van der Waals surface area contributed by atoms with Gasteiger partial charge in [0.15, 0.2) is 0 Å². The van der Waals surface area contributed by atoms with Crippen LogP contribution in [0.4, 0.5) is 0 Å². The lowest BCUT2D eigenvalue weighted by Crippen LogP contribution is -2.18. The molecule has 0 radical (unpaired) electrons. The van der Waals surface area contributed by atoms with Crippen LogP contribution in [0.15, 0.2) is 16.7 Å². The number of furan rings is 1. The van der Waals surface area contributed by atoms with Crippen LogP contribution in [-0.2, 0) is 17.9 Å². The molecule has 0 saturated carbocycles. The monoisotopic (exact) mass is 226 g/mol. The smallest absolute Gasteiger partial charge is 0.123 e. The third-order valence-electron chi connectivity index (χ3n) is 2.31. The Labute approximate surface area is 97.6 Å². The average Bonchev–Trinajstić information content (AvgIpc) is 2.69. The summed E-state index contributed by atoms with van der Waals surface area (Å²) in [6.45, 7) is 6.12. The van der Waals surface area contributed by atoms with E-state index in [9.17, 15) is 0 Å². The minimum atomic E-state index is 0.630. The summed E-state index contributed by atoms with van der Waals surface area (Å²) in [5, 5.41) is 3.24. The summed E-state index contributed by atoms with van der Waals surface area (Å²) in [5.41, 5.74) is 1.14. The van der Waals surface area contributed by atoms with Crippen molar-refractivity contribution >= 4 is 0 Å². The quantitative estimate of drug-likeness (QED) is 0.681. The number of hydrogen-bond donors (Lipinski definition) is 1. The Morgan fingerprint density at radius 3 is 2.94 bits per heavy atom. The zero-order valence-corrected chi connectivity index (χ0v) is 10.5. The van der Waals surface area contributed by atoms with Crippen molar-refractivity contribution in [2.75, 3.05) is 33.8 Å². The summed E-state index contributed by atoms with van der Waals surface area (Å²) in [6.07, 6.45) is 1.72. The van der Waals surface area contributed by atoms with Crippen LogP contribution in [0.1, 0.15) is 18.2 Å². The van der Waals surface area contributed by atoms with Crippen molar-refractivity contribution in [1.82, 2.24) is 10.2 Å². The molecule has 0 saturated heterocycles. The van der Waals surface area contributed by atoms with Crippen LogP contribution in [0.5, 0.6) is 0 Å². The maximum atomic E-state index is 5.58. The molecular formula is C12H22N2O2. The molecule has 0 aromatic carbocycles. The van der Waals surface area contributed by atoms with Crippen molar-refractivity contribution in [1.29, 1.82) is 0 Å². The van der Waals surface area contributed by atoms with E-state index in [1.54, 1.807) is 6.26 Å². The number of nitrogens with zero attached hydrogens (tertiary/aromatic N) is 1. The van der Waals surface area contributed by atoms with Gasteiger partial charge >= 0.3 is 0 Å². The fraction of sp³-hybridized carbons (Fsp3) is 0.667. The predicted octanol–water partition coefficient (Wildman–Crippen LogP) is 1.47. The first-order valence-electron chi connectivity index (χ1n) is 5.72. The summed E-state index contributed by atoms with van der Waals surface area (Å²) in [5.74, 6) is 0.978. The van der Waals surface area contributed by atoms with Gasteiger partial charge in [-0.1, -0.05) is 6.92 Å². The number of ether oxygens (including phenoxy) is 1. The molecule has 1 heterocycles. The molecule has 4 heteroatoms. The molecule has 1 rings (SSSR count). The van der Waals surface area contributed by atoms with E-state index in [0.717, 1.165) is 37.6 Å². The van der Waals surface area contributed by atoms with Crippen LogP contribution in [0.25, 0.3) is 0 Å². The second-order valence-electron chi connectivity index (χ2n) is 4.01. The topological polar surface area (TPSA) is 37.6 Å². The second-order valence-corrected chi connectivity index (χ2v) is 4.01. The van der Waals surface area contributed by atoms with Crippen LogP contribution < -0.4 is 5.32 Å². The Morgan fingerprint density at radius 2 is 2.25 bits per heavy atom. The van der Waals surface area contributed by atoms with Gasteiger partial charge in [-0.25, -0.2) is 0 Å². The lowest BCUT2D eigenvalue weighted by molar-refractivity contribution is 0.104. The van der Waals surface area contributed by atoms with Gasteiger partial charge in [-0.05, 0) is 26.7 Å². The van der Waals surface area contributed by atoms with Gasteiger partial charge in [0.25, 0.3) is 0 Å². The highest BCUT2D eigenvalue weighted by Gasteiger charge is 2.05. The fourth-order valence-electron chi connectivity index (χ4n) is 1.32. The first kappa shape index (κ1) is 13.2. The first-order valence-corrected chi connectivity index (χ1v) is 5.72. The van der Waals surface area contributed by atoms with Crippen LogP contribution in [0.3, 0.4) is 0 Å². The normalized spacial score (nSPS) is 11.2. The number of likely N-dealkylation sites (N-methyl/N-ethyl adjacent to an activating group) is 1. The van der Waals surface area contributed by atoms with Gasteiger partial charge in [0.2, 0.25) is 0 Å². The van der Waals surface area contributed by atoms with Crippen LogP contribution in [0, 0.1) is 0 Å². The summed E-state index contributed by atoms with van der Waals surface area (Å²) < 4.78 is 11.0. The minimum absolute atomic E-state index is 0.630. The summed E-state index contributed by atoms with van der Waals surface area (Å²) in [6, 6.07) is 1.97. The lowest BCUT2D eigenvalue weighted by atomic mass is 10.2. The van der Waals surface area contributed by atoms with Gasteiger partial charge in [-0.3, -0.25) is 0 Å². The van der Waals surface area contributed by atoms with Crippen molar-refractivity contribution in [3.63, 3.8) is 0 Å². The van der Waals surface area contributed by atoms with Crippen LogP contribution in [0.2, 0.25) is 0 Å². The molecule has 1 N–H and O–H groups in total. The first-order chi connectivity index (χ1) is 7.74. The SMILES string of the molecule is CCNCc1occc1COCCN(C)C. The van der Waals surface area contributed by atoms with Gasteiger partial charge in [-0.2, -0.15) is 0 Å². The Hall–Kier alpha value is -0.840. The minimum Gasteiger partial charge on any atom is -0.468 e. The number of hydrogen-bond acceptors (Lipinski definition) is 4. The Morgan fingerprint density at radius 1 is 1.44 bits per heavy atom. The number of rotatable bonds is 8.